The molecule has 0 fully saturated rings. The van der Waals surface area contributed by atoms with Gasteiger partial charge in [0.15, 0.2) is 0 Å². The van der Waals surface area contributed by atoms with Crippen LogP contribution in [0.1, 0.15) is 20.8 Å². The number of aliphatic carboxylic acids is 1. The third kappa shape index (κ3) is 3.44. The molecule has 0 amide bonds. The van der Waals surface area contributed by atoms with E-state index in [0.717, 1.165) is 0 Å². The van der Waals surface area contributed by atoms with Crippen LogP contribution in [0.4, 0.5) is 10.1 Å². The van der Waals surface area contributed by atoms with Crippen molar-refractivity contribution in [2.24, 2.45) is 5.41 Å². The van der Waals surface area contributed by atoms with Gasteiger partial charge in [0.25, 0.3) is 0 Å². The highest BCUT2D eigenvalue weighted by molar-refractivity contribution is 5.74. The second-order valence-corrected chi connectivity index (χ2v) is 4.68. The molecule has 0 unspecified atom stereocenters. The number of nitrogens with zero attached hydrogens (tertiary/aromatic N) is 1. The van der Waals surface area contributed by atoms with Crippen molar-refractivity contribution in [2.45, 2.75) is 20.8 Å². The highest BCUT2D eigenvalue weighted by atomic mass is 19.1. The monoisotopic (exact) mass is 239 g/mol. The molecule has 0 aromatic heterocycles. The molecular formula is C13H18FNO2. The van der Waals surface area contributed by atoms with E-state index in [-0.39, 0.29) is 5.82 Å². The van der Waals surface area contributed by atoms with Crippen LogP contribution in [0.15, 0.2) is 24.3 Å². The Balaban J connectivity index is 2.90. The number of carbonyl (C=O) groups is 1. The second-order valence-electron chi connectivity index (χ2n) is 4.68. The third-order valence-corrected chi connectivity index (χ3v) is 2.72. The van der Waals surface area contributed by atoms with Crippen LogP contribution >= 0.6 is 0 Å². The van der Waals surface area contributed by atoms with Crippen molar-refractivity contribution in [2.75, 3.05) is 18.0 Å². The number of carboxylic acids is 1. The topological polar surface area (TPSA) is 40.5 Å². The number of hydrogen-bond donors (Lipinski definition) is 1. The zero-order valence-electron chi connectivity index (χ0n) is 10.4. The summed E-state index contributed by atoms with van der Waals surface area (Å²) in [5, 5.41) is 9.09. The molecule has 0 aliphatic rings. The minimum Gasteiger partial charge on any atom is -0.481 e. The molecule has 0 aliphatic heterocycles. The van der Waals surface area contributed by atoms with Crippen molar-refractivity contribution in [3.8, 4) is 0 Å². The molecule has 0 saturated carbocycles. The van der Waals surface area contributed by atoms with Gasteiger partial charge in [-0.25, -0.2) is 4.39 Å². The van der Waals surface area contributed by atoms with Gasteiger partial charge in [-0.3, -0.25) is 4.79 Å². The second kappa shape index (κ2) is 5.17. The minimum atomic E-state index is -0.859. The standard InChI is InChI=1S/C13H18FNO2/c1-4-15(9-13(2,3)12(16)17)11-7-5-6-10(14)8-11/h5-8H,4,9H2,1-3H3,(H,16,17). The Bertz CT molecular complexity index is 404. The van der Waals surface area contributed by atoms with Crippen molar-refractivity contribution in [3.63, 3.8) is 0 Å². The lowest BCUT2D eigenvalue weighted by Gasteiger charge is -2.30. The summed E-state index contributed by atoms with van der Waals surface area (Å²) in [4.78, 5) is 12.9. The Morgan fingerprint density at radius 1 is 1.47 bits per heavy atom. The first-order valence-electron chi connectivity index (χ1n) is 5.60. The fourth-order valence-corrected chi connectivity index (χ4v) is 1.60. The van der Waals surface area contributed by atoms with Crippen LogP contribution in [0.3, 0.4) is 0 Å². The molecule has 0 bridgehead atoms. The van der Waals surface area contributed by atoms with Crippen LogP contribution in [0.2, 0.25) is 0 Å². The Morgan fingerprint density at radius 2 is 2.12 bits per heavy atom. The van der Waals surface area contributed by atoms with Gasteiger partial charge in [-0.1, -0.05) is 6.07 Å². The first-order valence-corrected chi connectivity index (χ1v) is 5.60. The Kier molecular flexibility index (Phi) is 4.10. The van der Waals surface area contributed by atoms with Crippen molar-refractivity contribution in [3.05, 3.63) is 30.1 Å². The van der Waals surface area contributed by atoms with E-state index in [1.54, 1.807) is 26.0 Å². The van der Waals surface area contributed by atoms with Crippen LogP contribution in [-0.4, -0.2) is 24.2 Å². The van der Waals surface area contributed by atoms with Crippen LogP contribution in [-0.2, 0) is 4.79 Å². The van der Waals surface area contributed by atoms with E-state index in [1.165, 1.54) is 12.1 Å². The molecule has 94 valence electrons. The number of benzene rings is 1. The fourth-order valence-electron chi connectivity index (χ4n) is 1.60. The van der Waals surface area contributed by atoms with Crippen molar-refractivity contribution >= 4 is 11.7 Å². The summed E-state index contributed by atoms with van der Waals surface area (Å²) in [6, 6.07) is 6.20. The highest BCUT2D eigenvalue weighted by Crippen LogP contribution is 2.22. The van der Waals surface area contributed by atoms with Crippen molar-refractivity contribution in [1.29, 1.82) is 0 Å². The number of anilines is 1. The average molecular weight is 239 g/mol. The molecule has 1 aromatic carbocycles. The summed E-state index contributed by atoms with van der Waals surface area (Å²) in [5.74, 6) is -1.17. The molecule has 1 aromatic rings. The predicted molar refractivity (Wildman–Crippen MR) is 65.7 cm³/mol. The van der Waals surface area contributed by atoms with Crippen LogP contribution in [0, 0.1) is 11.2 Å². The van der Waals surface area contributed by atoms with E-state index in [4.69, 9.17) is 5.11 Å². The number of halogens is 1. The Morgan fingerprint density at radius 3 is 2.59 bits per heavy atom. The smallest absolute Gasteiger partial charge is 0.310 e. The van der Waals surface area contributed by atoms with E-state index in [0.29, 0.717) is 18.8 Å². The number of hydrogen-bond acceptors (Lipinski definition) is 2. The molecule has 0 saturated heterocycles. The molecule has 1 N–H and O–H groups in total. The highest BCUT2D eigenvalue weighted by Gasteiger charge is 2.29. The normalized spacial score (nSPS) is 11.3. The average Bonchev–Trinajstić information content (AvgIpc) is 2.25. The summed E-state index contributed by atoms with van der Waals surface area (Å²) in [6.07, 6.45) is 0. The van der Waals surface area contributed by atoms with E-state index in [2.05, 4.69) is 0 Å². The van der Waals surface area contributed by atoms with Gasteiger partial charge in [0.05, 0.1) is 5.41 Å². The van der Waals surface area contributed by atoms with E-state index >= 15 is 0 Å². The van der Waals surface area contributed by atoms with Crippen LogP contribution in [0.5, 0.6) is 0 Å². The molecule has 0 atom stereocenters. The first-order chi connectivity index (χ1) is 7.86. The van der Waals surface area contributed by atoms with Crippen molar-refractivity contribution in [1.82, 2.24) is 0 Å². The summed E-state index contributed by atoms with van der Waals surface area (Å²) in [6.45, 7) is 6.24. The van der Waals surface area contributed by atoms with Crippen molar-refractivity contribution < 1.29 is 14.3 Å². The van der Waals surface area contributed by atoms with E-state index < -0.39 is 11.4 Å². The molecule has 3 nitrogen and oxygen atoms in total. The quantitative estimate of drug-likeness (QED) is 0.859. The summed E-state index contributed by atoms with van der Waals surface area (Å²) < 4.78 is 13.1. The van der Waals surface area contributed by atoms with Gasteiger partial charge >= 0.3 is 5.97 Å². The fraction of sp³-hybridized carbons (Fsp3) is 0.462. The lowest BCUT2D eigenvalue weighted by molar-refractivity contribution is -0.146. The maximum Gasteiger partial charge on any atom is 0.310 e. The molecule has 17 heavy (non-hydrogen) atoms. The molecule has 0 radical (unpaired) electrons. The zero-order valence-corrected chi connectivity index (χ0v) is 10.4. The van der Waals surface area contributed by atoms with E-state index in [9.17, 15) is 9.18 Å². The molecule has 0 aliphatic carbocycles. The molecule has 0 heterocycles. The Hall–Kier alpha value is -1.58. The first kappa shape index (κ1) is 13.5. The van der Waals surface area contributed by atoms with Gasteiger partial charge in [-0.05, 0) is 39.0 Å². The Labute approximate surface area is 101 Å². The van der Waals surface area contributed by atoms with Gasteiger partial charge in [-0.2, -0.15) is 0 Å². The van der Waals surface area contributed by atoms with Gasteiger partial charge in [0.1, 0.15) is 5.82 Å². The number of carboxylic acid groups (broad SMARTS) is 1. The lowest BCUT2D eigenvalue weighted by atomic mass is 9.93. The summed E-state index contributed by atoms with van der Waals surface area (Å²) in [7, 11) is 0. The molecule has 1 rings (SSSR count). The number of rotatable bonds is 5. The van der Waals surface area contributed by atoms with Gasteiger partial charge < -0.3 is 10.0 Å². The molecular weight excluding hydrogens is 221 g/mol. The largest absolute Gasteiger partial charge is 0.481 e. The van der Waals surface area contributed by atoms with Gasteiger partial charge in [0.2, 0.25) is 0 Å². The zero-order chi connectivity index (χ0) is 13.1. The summed E-state index contributed by atoms with van der Waals surface area (Å²) >= 11 is 0. The maximum atomic E-state index is 13.1. The molecule has 0 spiro atoms. The van der Waals surface area contributed by atoms with E-state index in [1.807, 2.05) is 11.8 Å². The maximum absolute atomic E-state index is 13.1. The molecule has 4 heteroatoms. The minimum absolute atomic E-state index is 0.311. The SMILES string of the molecule is CCN(CC(C)(C)C(=O)O)c1cccc(F)c1. The van der Waals surface area contributed by atoms with Gasteiger partial charge in [0, 0.05) is 18.8 Å². The van der Waals surface area contributed by atoms with Gasteiger partial charge in [-0.15, -0.1) is 0 Å². The summed E-state index contributed by atoms with van der Waals surface area (Å²) in [5.41, 5.74) is -0.149. The third-order valence-electron chi connectivity index (χ3n) is 2.72. The predicted octanol–water partition coefficient (Wildman–Crippen LogP) is 2.76. The van der Waals surface area contributed by atoms with Crippen LogP contribution < -0.4 is 4.90 Å². The van der Waals surface area contributed by atoms with Crippen LogP contribution in [0.25, 0.3) is 0 Å². The lowest BCUT2D eigenvalue weighted by Crippen LogP contribution is -2.39.